The number of rotatable bonds is 3. The van der Waals surface area contributed by atoms with Gasteiger partial charge >= 0.3 is 0 Å². The summed E-state index contributed by atoms with van der Waals surface area (Å²) in [4.78, 5) is 4.93. The number of anilines is 1. The third-order valence-corrected chi connectivity index (χ3v) is 3.38. The highest BCUT2D eigenvalue weighted by atomic mass is 32.1. The van der Waals surface area contributed by atoms with Gasteiger partial charge in [0.05, 0.1) is 12.3 Å². The van der Waals surface area contributed by atoms with Crippen LogP contribution in [0.1, 0.15) is 6.92 Å². The summed E-state index contributed by atoms with van der Waals surface area (Å²) < 4.78 is 7.18. The fourth-order valence-electron chi connectivity index (χ4n) is 1.78. The van der Waals surface area contributed by atoms with Crippen molar-refractivity contribution in [2.75, 3.05) is 12.3 Å². The van der Waals surface area contributed by atoms with Crippen molar-refractivity contribution in [1.29, 1.82) is 0 Å². The van der Waals surface area contributed by atoms with Gasteiger partial charge in [-0.05, 0) is 31.2 Å². The standard InChI is InChI=1S/C12H12N4OS/c1-2-17-9-5-3-8(4-6-9)10-7-18-12-14-11(13)15-16(10)12/h3-7H,2H2,1H3,(H2,13,15). The Hall–Kier alpha value is -2.08. The van der Waals surface area contributed by atoms with Gasteiger partial charge in [-0.3, -0.25) is 0 Å². The van der Waals surface area contributed by atoms with E-state index in [4.69, 9.17) is 10.5 Å². The Morgan fingerprint density at radius 3 is 2.83 bits per heavy atom. The van der Waals surface area contributed by atoms with Crippen molar-refractivity contribution >= 4 is 22.2 Å². The van der Waals surface area contributed by atoms with E-state index in [1.54, 1.807) is 4.52 Å². The summed E-state index contributed by atoms with van der Waals surface area (Å²) in [6, 6.07) is 7.90. The predicted octanol–water partition coefficient (Wildman–Crippen LogP) is 2.44. The van der Waals surface area contributed by atoms with Crippen molar-refractivity contribution in [2.24, 2.45) is 0 Å². The van der Waals surface area contributed by atoms with Crippen LogP contribution in [0.3, 0.4) is 0 Å². The average molecular weight is 260 g/mol. The zero-order valence-corrected chi connectivity index (χ0v) is 10.6. The Kier molecular flexibility index (Phi) is 2.64. The maximum atomic E-state index is 5.59. The van der Waals surface area contributed by atoms with Crippen LogP contribution in [0.15, 0.2) is 29.6 Å². The SMILES string of the molecule is CCOc1ccc(-c2csc3nc(N)nn23)cc1. The third kappa shape index (κ3) is 1.80. The first-order chi connectivity index (χ1) is 8.78. The number of fused-ring (bicyclic) bond motifs is 1. The highest BCUT2D eigenvalue weighted by molar-refractivity contribution is 7.15. The van der Waals surface area contributed by atoms with Gasteiger partial charge in [-0.15, -0.1) is 16.4 Å². The van der Waals surface area contributed by atoms with Crippen LogP contribution in [0.5, 0.6) is 5.75 Å². The van der Waals surface area contributed by atoms with Gasteiger partial charge in [0.15, 0.2) is 0 Å². The first-order valence-corrected chi connectivity index (χ1v) is 6.49. The van der Waals surface area contributed by atoms with E-state index < -0.39 is 0 Å². The lowest BCUT2D eigenvalue weighted by molar-refractivity contribution is 0.340. The average Bonchev–Trinajstić information content (AvgIpc) is 2.89. The number of hydrogen-bond donors (Lipinski definition) is 1. The van der Waals surface area contributed by atoms with Crippen molar-refractivity contribution in [1.82, 2.24) is 14.6 Å². The molecule has 1 aromatic carbocycles. The summed E-state index contributed by atoms with van der Waals surface area (Å²) in [6.45, 7) is 2.64. The topological polar surface area (TPSA) is 65.4 Å². The van der Waals surface area contributed by atoms with Gasteiger partial charge in [-0.2, -0.15) is 4.98 Å². The molecule has 0 aliphatic heterocycles. The van der Waals surface area contributed by atoms with Gasteiger partial charge in [0.2, 0.25) is 10.9 Å². The van der Waals surface area contributed by atoms with Crippen LogP contribution in [0.4, 0.5) is 5.95 Å². The molecule has 2 heterocycles. The number of hydrogen-bond acceptors (Lipinski definition) is 5. The molecule has 0 aliphatic rings. The van der Waals surface area contributed by atoms with E-state index >= 15 is 0 Å². The zero-order valence-electron chi connectivity index (χ0n) is 9.83. The van der Waals surface area contributed by atoms with Crippen LogP contribution in [0.25, 0.3) is 16.2 Å². The van der Waals surface area contributed by atoms with Crippen LogP contribution in [-0.2, 0) is 0 Å². The zero-order chi connectivity index (χ0) is 12.5. The number of nitrogens with two attached hydrogens (primary N) is 1. The Morgan fingerprint density at radius 1 is 1.33 bits per heavy atom. The molecule has 0 saturated heterocycles. The summed E-state index contributed by atoms with van der Waals surface area (Å²) in [5.41, 5.74) is 7.64. The lowest BCUT2D eigenvalue weighted by atomic mass is 10.2. The lowest BCUT2D eigenvalue weighted by Crippen LogP contribution is -1.93. The molecular weight excluding hydrogens is 248 g/mol. The Morgan fingerprint density at radius 2 is 2.11 bits per heavy atom. The molecule has 0 saturated carbocycles. The van der Waals surface area contributed by atoms with E-state index in [9.17, 15) is 0 Å². The molecule has 0 bridgehead atoms. The summed E-state index contributed by atoms with van der Waals surface area (Å²) in [7, 11) is 0. The summed E-state index contributed by atoms with van der Waals surface area (Å²) in [5, 5.41) is 6.19. The molecule has 5 nitrogen and oxygen atoms in total. The highest BCUT2D eigenvalue weighted by Gasteiger charge is 2.09. The first-order valence-electron chi connectivity index (χ1n) is 5.61. The van der Waals surface area contributed by atoms with E-state index in [1.807, 2.05) is 36.6 Å². The van der Waals surface area contributed by atoms with Gasteiger partial charge in [0.25, 0.3) is 0 Å². The van der Waals surface area contributed by atoms with E-state index in [0.717, 1.165) is 22.0 Å². The monoisotopic (exact) mass is 260 g/mol. The minimum atomic E-state index is 0.300. The number of nitrogens with zero attached hydrogens (tertiary/aromatic N) is 3. The smallest absolute Gasteiger partial charge is 0.241 e. The second kappa shape index (κ2) is 4.30. The molecule has 0 spiro atoms. The van der Waals surface area contributed by atoms with Crippen molar-refractivity contribution in [3.8, 4) is 17.0 Å². The third-order valence-electron chi connectivity index (χ3n) is 2.56. The Balaban J connectivity index is 2.02. The van der Waals surface area contributed by atoms with Crippen LogP contribution in [0.2, 0.25) is 0 Å². The van der Waals surface area contributed by atoms with E-state index in [1.165, 1.54) is 11.3 Å². The normalized spacial score (nSPS) is 10.9. The molecule has 2 aromatic heterocycles. The van der Waals surface area contributed by atoms with E-state index in [2.05, 4.69) is 10.1 Å². The minimum absolute atomic E-state index is 0.300. The number of aromatic nitrogens is 3. The molecule has 0 aliphatic carbocycles. The molecule has 6 heteroatoms. The van der Waals surface area contributed by atoms with Crippen molar-refractivity contribution in [3.63, 3.8) is 0 Å². The predicted molar refractivity (Wildman–Crippen MR) is 71.9 cm³/mol. The minimum Gasteiger partial charge on any atom is -0.494 e. The fraction of sp³-hybridized carbons (Fsp3) is 0.167. The molecule has 0 fully saturated rings. The van der Waals surface area contributed by atoms with Gasteiger partial charge in [-0.25, -0.2) is 4.52 Å². The van der Waals surface area contributed by atoms with Crippen LogP contribution in [-0.4, -0.2) is 21.2 Å². The Bertz CT molecular complexity index is 671. The summed E-state index contributed by atoms with van der Waals surface area (Å²) >= 11 is 1.52. The van der Waals surface area contributed by atoms with E-state index in [0.29, 0.717) is 12.6 Å². The van der Waals surface area contributed by atoms with E-state index in [-0.39, 0.29) is 0 Å². The molecule has 3 rings (SSSR count). The molecule has 0 radical (unpaired) electrons. The van der Waals surface area contributed by atoms with Gasteiger partial charge in [0.1, 0.15) is 5.75 Å². The Labute approximate surface area is 108 Å². The molecular formula is C12H12N4OS. The molecule has 18 heavy (non-hydrogen) atoms. The van der Waals surface area contributed by atoms with Crippen LogP contribution >= 0.6 is 11.3 Å². The maximum Gasteiger partial charge on any atom is 0.241 e. The van der Waals surface area contributed by atoms with Gasteiger partial charge in [0, 0.05) is 10.9 Å². The molecule has 3 aromatic rings. The van der Waals surface area contributed by atoms with Gasteiger partial charge < -0.3 is 10.5 Å². The maximum absolute atomic E-state index is 5.59. The first kappa shape index (κ1) is 11.0. The second-order valence-corrected chi connectivity index (χ2v) is 4.58. The quantitative estimate of drug-likeness (QED) is 0.785. The number of nitrogen functional groups attached to an aromatic ring is 1. The number of benzene rings is 1. The van der Waals surface area contributed by atoms with Crippen LogP contribution in [0, 0.1) is 0 Å². The van der Waals surface area contributed by atoms with Crippen molar-refractivity contribution < 1.29 is 4.74 Å². The molecule has 0 amide bonds. The van der Waals surface area contributed by atoms with Crippen LogP contribution < -0.4 is 10.5 Å². The number of ether oxygens (including phenoxy) is 1. The fourth-order valence-corrected chi connectivity index (χ4v) is 2.62. The molecule has 92 valence electrons. The molecule has 2 N–H and O–H groups in total. The summed E-state index contributed by atoms with van der Waals surface area (Å²) in [5.74, 6) is 1.17. The second-order valence-electron chi connectivity index (χ2n) is 3.74. The van der Waals surface area contributed by atoms with Crippen molar-refractivity contribution in [3.05, 3.63) is 29.6 Å². The van der Waals surface area contributed by atoms with Crippen molar-refractivity contribution in [2.45, 2.75) is 6.92 Å². The van der Waals surface area contributed by atoms with Gasteiger partial charge in [-0.1, -0.05) is 0 Å². The highest BCUT2D eigenvalue weighted by Crippen LogP contribution is 2.26. The number of thiazole rings is 1. The molecule has 0 atom stereocenters. The molecule has 0 unspecified atom stereocenters. The lowest BCUT2D eigenvalue weighted by Gasteiger charge is -2.03. The largest absolute Gasteiger partial charge is 0.494 e. The summed E-state index contributed by atoms with van der Waals surface area (Å²) in [6.07, 6.45) is 0.